The maximum atomic E-state index is 13.6. The van der Waals surface area contributed by atoms with Crippen molar-refractivity contribution >= 4 is 7.32 Å². The molecule has 0 amide bonds. The lowest BCUT2D eigenvalue weighted by atomic mass is 10.1. The summed E-state index contributed by atoms with van der Waals surface area (Å²) in [6.45, 7) is -4.51. The fourth-order valence-corrected chi connectivity index (χ4v) is 1.67. The van der Waals surface area contributed by atoms with Crippen LogP contribution in [0.2, 0.25) is 0 Å². The summed E-state index contributed by atoms with van der Waals surface area (Å²) < 4.78 is 143. The molecule has 2 saturated heterocycles. The van der Waals surface area contributed by atoms with Gasteiger partial charge in [-0.25, -0.2) is 0 Å². The average Bonchev–Trinajstić information content (AvgIpc) is 2.65. The highest BCUT2D eigenvalue weighted by Crippen LogP contribution is 2.54. The van der Waals surface area contributed by atoms with Gasteiger partial charge in [-0.15, -0.1) is 0 Å². The fourth-order valence-electron chi connectivity index (χ4n) is 1.67. The summed E-state index contributed by atoms with van der Waals surface area (Å²) in [5, 5.41) is 8.86. The Morgan fingerprint density at radius 1 is 0.667 bits per heavy atom. The van der Waals surface area contributed by atoms with Gasteiger partial charge in [0.25, 0.3) is 0 Å². The number of rotatable bonds is 4. The molecule has 2 unspecified atom stereocenters. The molecule has 2 rings (SSSR count). The molecule has 0 bridgehead atoms. The number of hydrogen-bond donors (Lipinski definition) is 1. The van der Waals surface area contributed by atoms with Gasteiger partial charge in [-0.1, -0.05) is 0 Å². The molecule has 0 spiro atoms. The highest BCUT2D eigenvalue weighted by atomic mass is 19.3. The monoisotopic (exact) mass is 382 g/mol. The SMILES string of the molecule is OB(OC1(F)OCC(F)(F)C1(F)F)OC1(F)OCC(F)(F)C1(F)F. The fraction of sp³-hybridized carbons (Fsp3) is 1.00. The van der Waals surface area contributed by atoms with Gasteiger partial charge >= 0.3 is 43.1 Å². The largest absolute Gasteiger partial charge is 0.645 e. The van der Waals surface area contributed by atoms with Crippen LogP contribution in [-0.4, -0.2) is 61.3 Å². The van der Waals surface area contributed by atoms with Crippen molar-refractivity contribution in [2.45, 2.75) is 35.8 Å². The Labute approximate surface area is 125 Å². The van der Waals surface area contributed by atoms with Crippen molar-refractivity contribution < 1.29 is 67.7 Å². The minimum absolute atomic E-state index is 2.26. The standard InChI is InChI=1S/C8H5BF10O5/c10-3(11)1-21-7(18,5(3,14)15)23-9(20)24-8(19)6(16,17)4(12,13)2-22-8/h20H,1-2H2. The van der Waals surface area contributed by atoms with Crippen LogP contribution in [0.5, 0.6) is 0 Å². The molecule has 0 aromatic heterocycles. The van der Waals surface area contributed by atoms with Crippen LogP contribution in [0.4, 0.5) is 43.9 Å². The van der Waals surface area contributed by atoms with Crippen LogP contribution in [0.1, 0.15) is 0 Å². The lowest BCUT2D eigenvalue weighted by Gasteiger charge is -2.31. The molecule has 2 atom stereocenters. The van der Waals surface area contributed by atoms with Crippen molar-refractivity contribution in [1.29, 1.82) is 0 Å². The lowest BCUT2D eigenvalue weighted by molar-refractivity contribution is -0.384. The first-order chi connectivity index (χ1) is 10.5. The second-order valence-corrected chi connectivity index (χ2v) is 4.75. The molecule has 0 saturated carbocycles. The molecule has 0 aromatic rings. The zero-order valence-corrected chi connectivity index (χ0v) is 10.9. The number of alkyl halides is 10. The normalized spacial score (nSPS) is 39.1. The quantitative estimate of drug-likeness (QED) is 0.595. The van der Waals surface area contributed by atoms with E-state index in [1.54, 1.807) is 0 Å². The third kappa shape index (κ3) is 2.46. The summed E-state index contributed by atoms with van der Waals surface area (Å²) in [6, 6.07) is -10.2. The lowest BCUT2D eigenvalue weighted by Crippen LogP contribution is -2.58. The molecule has 2 fully saturated rings. The highest BCUT2D eigenvalue weighted by molar-refractivity contribution is 6.34. The molecular formula is C8H5BF10O5. The first kappa shape index (κ1) is 19.5. The van der Waals surface area contributed by atoms with Crippen LogP contribution in [0, 0.1) is 0 Å². The van der Waals surface area contributed by atoms with Crippen molar-refractivity contribution in [3.63, 3.8) is 0 Å². The van der Waals surface area contributed by atoms with Gasteiger partial charge in [0.2, 0.25) is 0 Å². The smallest absolute Gasteiger partial charge is 0.401 e. The maximum Gasteiger partial charge on any atom is 0.645 e. The summed E-state index contributed by atoms with van der Waals surface area (Å²) in [7, 11) is -3.81. The van der Waals surface area contributed by atoms with Crippen LogP contribution in [0.25, 0.3) is 0 Å². The summed E-state index contributed by atoms with van der Waals surface area (Å²) in [5.74, 6) is -21.8. The van der Waals surface area contributed by atoms with E-state index < -0.39 is 56.3 Å². The maximum absolute atomic E-state index is 13.6. The van der Waals surface area contributed by atoms with Gasteiger partial charge in [0, 0.05) is 0 Å². The zero-order chi connectivity index (χ0) is 18.8. The van der Waals surface area contributed by atoms with Crippen molar-refractivity contribution in [3.8, 4) is 0 Å². The van der Waals surface area contributed by atoms with Gasteiger partial charge in [0.1, 0.15) is 13.2 Å². The Hall–Kier alpha value is -0.835. The summed E-state index contributed by atoms with van der Waals surface area (Å²) in [4.78, 5) is 0. The van der Waals surface area contributed by atoms with E-state index in [-0.39, 0.29) is 0 Å². The number of hydrogen-bond acceptors (Lipinski definition) is 5. The van der Waals surface area contributed by atoms with Crippen molar-refractivity contribution in [1.82, 2.24) is 0 Å². The van der Waals surface area contributed by atoms with E-state index >= 15 is 0 Å². The van der Waals surface area contributed by atoms with Gasteiger partial charge in [0.05, 0.1) is 0 Å². The van der Waals surface area contributed by atoms with Gasteiger partial charge in [0.15, 0.2) is 0 Å². The third-order valence-corrected chi connectivity index (χ3v) is 3.05. The van der Waals surface area contributed by atoms with E-state index in [1.807, 2.05) is 0 Å². The first-order valence-electron chi connectivity index (χ1n) is 5.72. The molecule has 0 aliphatic carbocycles. The molecule has 140 valence electrons. The Kier molecular flexibility index (Phi) is 4.13. The van der Waals surface area contributed by atoms with Crippen LogP contribution < -0.4 is 0 Å². The Morgan fingerprint density at radius 2 is 0.958 bits per heavy atom. The second kappa shape index (κ2) is 5.09. The predicted octanol–water partition coefficient (Wildman–Crippen LogP) is 1.85. The predicted molar refractivity (Wildman–Crippen MR) is 49.5 cm³/mol. The number of ether oxygens (including phenoxy) is 2. The van der Waals surface area contributed by atoms with Gasteiger partial charge in [-0.05, 0) is 0 Å². The zero-order valence-electron chi connectivity index (χ0n) is 10.9. The minimum atomic E-state index is -5.75. The summed E-state index contributed by atoms with van der Waals surface area (Å²) in [6.07, 6.45) is 0. The average molecular weight is 382 g/mol. The van der Waals surface area contributed by atoms with Crippen LogP contribution >= 0.6 is 0 Å². The Balaban J connectivity index is 2.13. The highest BCUT2D eigenvalue weighted by Gasteiger charge is 2.81. The Morgan fingerprint density at radius 3 is 1.17 bits per heavy atom. The second-order valence-electron chi connectivity index (χ2n) is 4.75. The van der Waals surface area contributed by atoms with E-state index in [2.05, 4.69) is 18.8 Å². The topological polar surface area (TPSA) is 57.2 Å². The summed E-state index contributed by atoms with van der Waals surface area (Å²) in [5.41, 5.74) is 0. The first-order valence-corrected chi connectivity index (χ1v) is 5.72. The van der Waals surface area contributed by atoms with Gasteiger partial charge in [-0.2, -0.15) is 43.9 Å². The molecule has 16 heteroatoms. The molecule has 1 N–H and O–H groups in total. The van der Waals surface area contributed by atoms with Gasteiger partial charge in [-0.3, -0.25) is 0 Å². The number of halogens is 10. The minimum Gasteiger partial charge on any atom is -0.401 e. The molecule has 0 radical (unpaired) electrons. The molecule has 2 aliphatic heterocycles. The molecule has 5 nitrogen and oxygen atoms in total. The van der Waals surface area contributed by atoms with Crippen LogP contribution in [0.15, 0.2) is 0 Å². The van der Waals surface area contributed by atoms with Crippen LogP contribution in [-0.2, 0) is 18.8 Å². The van der Waals surface area contributed by atoms with Crippen molar-refractivity contribution in [2.75, 3.05) is 13.2 Å². The van der Waals surface area contributed by atoms with Gasteiger partial charge < -0.3 is 23.8 Å². The molecule has 24 heavy (non-hydrogen) atoms. The van der Waals surface area contributed by atoms with Crippen LogP contribution in [0.3, 0.4) is 0 Å². The van der Waals surface area contributed by atoms with E-state index in [1.165, 1.54) is 0 Å². The third-order valence-electron chi connectivity index (χ3n) is 3.05. The van der Waals surface area contributed by atoms with E-state index in [0.717, 1.165) is 0 Å². The molecule has 2 heterocycles. The Bertz CT molecular complexity index is 475. The summed E-state index contributed by atoms with van der Waals surface area (Å²) >= 11 is 0. The van der Waals surface area contributed by atoms with E-state index in [9.17, 15) is 43.9 Å². The molecule has 0 aromatic carbocycles. The van der Waals surface area contributed by atoms with E-state index in [4.69, 9.17) is 5.02 Å². The van der Waals surface area contributed by atoms with Crippen molar-refractivity contribution in [2.24, 2.45) is 0 Å². The van der Waals surface area contributed by atoms with Crippen molar-refractivity contribution in [3.05, 3.63) is 0 Å². The molecular weight excluding hydrogens is 377 g/mol. The van der Waals surface area contributed by atoms with E-state index in [0.29, 0.717) is 0 Å². The molecule has 2 aliphatic rings.